The molecule has 4 rings (SSSR count). The van der Waals surface area contributed by atoms with Crippen LogP contribution in [0.25, 0.3) is 21.9 Å². The first-order valence-electron chi connectivity index (χ1n) is 11.8. The number of phenolic OH excluding ortho intramolecular Hbond substituents is 4. The number of amides is 2. The molecule has 2 aromatic carbocycles. The Hall–Kier alpha value is -5.00. The Morgan fingerprint density at radius 2 is 0.974 bits per heavy atom. The molecule has 12 heteroatoms. The van der Waals surface area contributed by atoms with Crippen LogP contribution < -0.4 is 21.7 Å². The average Bonchev–Trinajstić information content (AvgIpc) is 2.86. The predicted molar refractivity (Wildman–Crippen MR) is 134 cm³/mol. The van der Waals surface area contributed by atoms with E-state index in [2.05, 4.69) is 10.6 Å². The normalized spacial score (nSPS) is 11.1. The summed E-state index contributed by atoms with van der Waals surface area (Å²) in [6.07, 6.45) is 2.89. The van der Waals surface area contributed by atoms with Crippen molar-refractivity contribution >= 4 is 33.8 Å². The van der Waals surface area contributed by atoms with Gasteiger partial charge in [0.25, 0.3) is 11.8 Å². The summed E-state index contributed by atoms with van der Waals surface area (Å²) in [4.78, 5) is 24.9. The average molecular weight is 523 g/mol. The third kappa shape index (κ3) is 5.69. The van der Waals surface area contributed by atoms with Crippen LogP contribution in [0.1, 0.15) is 46.4 Å². The fraction of sp³-hybridized carbons (Fsp3) is 0.231. The molecule has 0 unspecified atom stereocenters. The number of carbonyl (C=O) groups is 2. The minimum absolute atomic E-state index is 0.00602. The molecule has 2 heterocycles. The van der Waals surface area contributed by atoms with Gasteiger partial charge >= 0.3 is 0 Å². The largest absolute Gasteiger partial charge is 0.504 e. The molecule has 0 bridgehead atoms. The van der Waals surface area contributed by atoms with Gasteiger partial charge in [0, 0.05) is 36.0 Å². The maximum Gasteiger partial charge on any atom is 0.256 e. The molecule has 0 spiro atoms. The zero-order valence-electron chi connectivity index (χ0n) is 20.1. The van der Waals surface area contributed by atoms with E-state index < -0.39 is 11.8 Å². The topological polar surface area (TPSA) is 213 Å². The van der Waals surface area contributed by atoms with Crippen molar-refractivity contribution in [2.45, 2.75) is 25.7 Å². The van der Waals surface area contributed by atoms with E-state index in [1.54, 1.807) is 0 Å². The fourth-order valence-electron chi connectivity index (χ4n) is 3.86. The lowest BCUT2D eigenvalue weighted by Gasteiger charge is -2.08. The van der Waals surface area contributed by atoms with Crippen LogP contribution in [0.5, 0.6) is 23.0 Å². The Morgan fingerprint density at radius 1 is 0.605 bits per heavy atom. The molecule has 0 aliphatic carbocycles. The molecule has 2 amide bonds. The highest BCUT2D eigenvalue weighted by molar-refractivity contribution is 5.97. The summed E-state index contributed by atoms with van der Waals surface area (Å²) in [6, 6.07) is 7.67. The van der Waals surface area contributed by atoms with Crippen molar-refractivity contribution in [2.24, 2.45) is 0 Å². The number of fused-ring (bicyclic) bond motifs is 2. The first-order chi connectivity index (χ1) is 18.1. The summed E-state index contributed by atoms with van der Waals surface area (Å²) in [5, 5.41) is 60.4. The van der Waals surface area contributed by atoms with E-state index in [4.69, 9.17) is 19.7 Å². The number of nitrogens with one attached hydrogen (secondary N) is 4. The Balaban J connectivity index is 1.20. The van der Waals surface area contributed by atoms with Gasteiger partial charge in [-0.25, -0.2) is 0 Å². The van der Waals surface area contributed by atoms with Gasteiger partial charge in [0.15, 0.2) is 23.0 Å². The van der Waals surface area contributed by atoms with Gasteiger partial charge in [-0.2, -0.15) is 0 Å². The Bertz CT molecular complexity index is 1530. The van der Waals surface area contributed by atoms with Crippen LogP contribution in [-0.4, -0.2) is 45.3 Å². The highest BCUT2D eigenvalue weighted by atomic mass is 16.3. The van der Waals surface area contributed by atoms with Crippen molar-refractivity contribution in [1.29, 1.82) is 10.8 Å². The van der Waals surface area contributed by atoms with Gasteiger partial charge in [0.05, 0.1) is 0 Å². The van der Waals surface area contributed by atoms with Gasteiger partial charge in [-0.05, 0) is 37.1 Å². The Kier molecular flexibility index (Phi) is 7.51. The van der Waals surface area contributed by atoms with Crippen LogP contribution in [0.4, 0.5) is 0 Å². The number of benzene rings is 2. The van der Waals surface area contributed by atoms with E-state index in [9.17, 15) is 30.0 Å². The number of phenols is 4. The standard InChI is InChI=1S/C26H26N4O8/c27-23-15(7-13-9-17(31)19(33)11-21(13)37-23)25(35)29-5-3-1-2-4-6-30-26(36)16-8-14-10-18(32)20(34)12-22(14)38-24(16)28/h7-12,27-28,31-34H,1-6H2,(H,29,35)(H,30,36). The van der Waals surface area contributed by atoms with Crippen LogP contribution in [-0.2, 0) is 0 Å². The number of carbonyl (C=O) groups excluding carboxylic acids is 2. The molecule has 38 heavy (non-hydrogen) atoms. The summed E-state index contributed by atoms with van der Waals surface area (Å²) in [5.74, 6) is -2.47. The molecule has 0 atom stereocenters. The van der Waals surface area contributed by atoms with Crippen molar-refractivity contribution in [3.8, 4) is 23.0 Å². The summed E-state index contributed by atoms with van der Waals surface area (Å²) in [7, 11) is 0. The molecular formula is C26H26N4O8. The number of unbranched alkanes of at least 4 members (excludes halogenated alkanes) is 3. The molecule has 0 saturated carbocycles. The first-order valence-corrected chi connectivity index (χ1v) is 11.8. The lowest BCUT2D eigenvalue weighted by Crippen LogP contribution is -2.29. The van der Waals surface area contributed by atoms with E-state index in [0.717, 1.165) is 12.8 Å². The summed E-state index contributed by atoms with van der Waals surface area (Å²) in [5.41, 5.74) is -0.371. The highest BCUT2D eigenvalue weighted by Gasteiger charge is 2.14. The van der Waals surface area contributed by atoms with Crippen LogP contribution >= 0.6 is 0 Å². The molecule has 12 nitrogen and oxygen atoms in total. The Labute approximate surface area is 214 Å². The summed E-state index contributed by atoms with van der Waals surface area (Å²) >= 11 is 0. The molecule has 0 aliphatic heterocycles. The van der Waals surface area contributed by atoms with Gasteiger partial charge < -0.3 is 39.9 Å². The molecule has 0 fully saturated rings. The van der Waals surface area contributed by atoms with Crippen LogP contribution in [0.2, 0.25) is 0 Å². The monoisotopic (exact) mass is 522 g/mol. The molecule has 0 aliphatic rings. The van der Waals surface area contributed by atoms with Gasteiger partial charge in [0.1, 0.15) is 22.3 Å². The fourth-order valence-corrected chi connectivity index (χ4v) is 3.86. The van der Waals surface area contributed by atoms with Crippen molar-refractivity contribution in [1.82, 2.24) is 10.6 Å². The number of rotatable bonds is 9. The molecule has 0 saturated heterocycles. The first kappa shape index (κ1) is 26.1. The summed E-state index contributed by atoms with van der Waals surface area (Å²) in [6.45, 7) is 0.736. The second kappa shape index (κ2) is 10.9. The predicted octanol–water partition coefficient (Wildman–Crippen LogP) is 2.68. The van der Waals surface area contributed by atoms with Gasteiger partial charge in [0.2, 0.25) is 11.1 Å². The molecule has 0 radical (unpaired) electrons. The maximum atomic E-state index is 12.5. The number of hydrogen-bond acceptors (Lipinski definition) is 10. The minimum Gasteiger partial charge on any atom is -0.504 e. The molecule has 198 valence electrons. The lowest BCUT2D eigenvalue weighted by atomic mass is 10.1. The molecular weight excluding hydrogens is 496 g/mol. The number of aromatic hydroxyl groups is 4. The third-order valence-electron chi connectivity index (χ3n) is 5.89. The van der Waals surface area contributed by atoms with Crippen molar-refractivity contribution in [3.05, 3.63) is 58.6 Å². The van der Waals surface area contributed by atoms with Crippen molar-refractivity contribution in [3.63, 3.8) is 0 Å². The third-order valence-corrected chi connectivity index (χ3v) is 5.89. The lowest BCUT2D eigenvalue weighted by molar-refractivity contribution is 0.0938. The smallest absolute Gasteiger partial charge is 0.256 e. The van der Waals surface area contributed by atoms with Crippen LogP contribution in [0.15, 0.2) is 45.2 Å². The van der Waals surface area contributed by atoms with Gasteiger partial charge in [-0.1, -0.05) is 12.8 Å². The Morgan fingerprint density at radius 3 is 1.37 bits per heavy atom. The quantitative estimate of drug-likeness (QED) is 0.121. The van der Waals surface area contributed by atoms with Crippen LogP contribution in [0.3, 0.4) is 0 Å². The van der Waals surface area contributed by atoms with Crippen molar-refractivity contribution in [2.75, 3.05) is 13.1 Å². The van der Waals surface area contributed by atoms with E-state index >= 15 is 0 Å². The van der Waals surface area contributed by atoms with Crippen molar-refractivity contribution < 1.29 is 38.8 Å². The highest BCUT2D eigenvalue weighted by Crippen LogP contribution is 2.30. The van der Waals surface area contributed by atoms with E-state index in [1.807, 2.05) is 0 Å². The van der Waals surface area contributed by atoms with Crippen LogP contribution in [0, 0.1) is 10.8 Å². The van der Waals surface area contributed by atoms with E-state index in [-0.39, 0.29) is 56.4 Å². The second-order valence-electron chi connectivity index (χ2n) is 8.66. The van der Waals surface area contributed by atoms with Gasteiger partial charge in [-0.15, -0.1) is 0 Å². The summed E-state index contributed by atoms with van der Waals surface area (Å²) < 4.78 is 10.5. The zero-order valence-corrected chi connectivity index (χ0v) is 20.1. The maximum absolute atomic E-state index is 12.5. The molecule has 4 aromatic rings. The number of hydrogen-bond donors (Lipinski definition) is 8. The minimum atomic E-state index is -0.490. The van der Waals surface area contributed by atoms with E-state index in [0.29, 0.717) is 36.7 Å². The second-order valence-corrected chi connectivity index (χ2v) is 8.66. The SMILES string of the molecule is N=c1oc2cc(O)c(O)cc2cc1C(=O)NCCCCCCNC(=O)c1cc2cc(O)c(O)cc2oc1=N. The van der Waals surface area contributed by atoms with E-state index in [1.165, 1.54) is 36.4 Å². The molecule has 2 aromatic heterocycles. The van der Waals surface area contributed by atoms with Gasteiger partial charge in [-0.3, -0.25) is 20.4 Å². The molecule has 8 N–H and O–H groups in total. The zero-order chi connectivity index (χ0) is 27.4.